The van der Waals surface area contributed by atoms with Crippen molar-refractivity contribution >= 4 is 24.3 Å². The van der Waals surface area contributed by atoms with Gasteiger partial charge in [0, 0.05) is 30.7 Å². The van der Waals surface area contributed by atoms with Crippen molar-refractivity contribution in [3.8, 4) is 0 Å². The van der Waals surface area contributed by atoms with Gasteiger partial charge in [-0.15, -0.1) is 0 Å². The molecule has 1 aliphatic heterocycles. The van der Waals surface area contributed by atoms with Crippen molar-refractivity contribution in [1.82, 2.24) is 4.98 Å². The summed E-state index contributed by atoms with van der Waals surface area (Å²) in [5.74, 6) is 0.430. The van der Waals surface area contributed by atoms with Crippen LogP contribution >= 0.6 is 0 Å². The Morgan fingerprint density at radius 3 is 2.69 bits per heavy atom. The van der Waals surface area contributed by atoms with Gasteiger partial charge in [0.25, 0.3) is 0 Å². The highest BCUT2D eigenvalue weighted by Gasteiger charge is 2.28. The first-order valence-corrected chi connectivity index (χ1v) is 4.96. The smallest absolute Gasteiger partial charge is 0.423 e. The van der Waals surface area contributed by atoms with Gasteiger partial charge in [0.2, 0.25) is 5.91 Å². The predicted molar refractivity (Wildman–Crippen MR) is 59.0 cm³/mol. The Labute approximate surface area is 92.8 Å². The average molecular weight is 221 g/mol. The van der Waals surface area contributed by atoms with Gasteiger partial charge in [-0.3, -0.25) is 9.69 Å². The first-order valence-electron chi connectivity index (χ1n) is 4.96. The van der Waals surface area contributed by atoms with Gasteiger partial charge in [0.15, 0.2) is 0 Å². The van der Waals surface area contributed by atoms with E-state index in [-0.39, 0.29) is 11.9 Å². The number of anilines is 1. The highest BCUT2D eigenvalue weighted by Crippen LogP contribution is 2.17. The van der Waals surface area contributed by atoms with Crippen LogP contribution in [0.15, 0.2) is 18.3 Å². The van der Waals surface area contributed by atoms with Crippen LogP contribution in [0.25, 0.3) is 0 Å². The average Bonchev–Trinajstić information content (AvgIpc) is 2.58. The molecule has 0 bridgehead atoms. The largest absolute Gasteiger partial charge is 0.490 e. The van der Waals surface area contributed by atoms with Crippen molar-refractivity contribution < 1.29 is 14.8 Å². The maximum atomic E-state index is 11.5. The summed E-state index contributed by atoms with van der Waals surface area (Å²) in [6.45, 7) is 0.451. The summed E-state index contributed by atoms with van der Waals surface area (Å²) >= 11 is 0. The van der Waals surface area contributed by atoms with Crippen LogP contribution in [0.5, 0.6) is 0 Å². The van der Waals surface area contributed by atoms with Crippen molar-refractivity contribution in [3.63, 3.8) is 0 Å². The molecule has 1 atom stereocenters. The molecule has 2 rings (SSSR count). The molecule has 1 aliphatic rings. The van der Waals surface area contributed by atoms with Gasteiger partial charge in [0.05, 0.1) is 0 Å². The molecule has 1 unspecified atom stereocenters. The molecule has 2 heterocycles. The molecule has 6 nitrogen and oxygen atoms in total. The molecule has 1 aromatic rings. The third kappa shape index (κ3) is 2.06. The number of aromatic nitrogens is 1. The second-order valence-electron chi connectivity index (χ2n) is 3.79. The van der Waals surface area contributed by atoms with Gasteiger partial charge in [-0.1, -0.05) is 6.07 Å². The van der Waals surface area contributed by atoms with Crippen LogP contribution in [0, 0.1) is 0 Å². The van der Waals surface area contributed by atoms with Gasteiger partial charge < -0.3 is 15.8 Å². The zero-order valence-corrected chi connectivity index (χ0v) is 8.58. The lowest BCUT2D eigenvalue weighted by molar-refractivity contribution is -0.117. The van der Waals surface area contributed by atoms with E-state index in [9.17, 15) is 4.79 Å². The van der Waals surface area contributed by atoms with Crippen LogP contribution in [-0.2, 0) is 4.79 Å². The van der Waals surface area contributed by atoms with Crippen LogP contribution in [0.2, 0.25) is 0 Å². The number of amides is 1. The maximum absolute atomic E-state index is 11.5. The Morgan fingerprint density at radius 1 is 1.50 bits per heavy atom. The minimum atomic E-state index is -1.54. The van der Waals surface area contributed by atoms with Crippen LogP contribution in [0.4, 0.5) is 5.82 Å². The first-order chi connectivity index (χ1) is 7.58. The highest BCUT2D eigenvalue weighted by molar-refractivity contribution is 6.58. The first kappa shape index (κ1) is 11.1. The Bertz CT molecular complexity index is 395. The van der Waals surface area contributed by atoms with E-state index in [4.69, 9.17) is 15.8 Å². The fourth-order valence-corrected chi connectivity index (χ4v) is 1.67. The summed E-state index contributed by atoms with van der Waals surface area (Å²) in [6.07, 6.45) is 1.66. The van der Waals surface area contributed by atoms with Crippen LogP contribution in [0.1, 0.15) is 6.42 Å². The number of hydrogen-bond acceptors (Lipinski definition) is 5. The van der Waals surface area contributed by atoms with E-state index in [0.29, 0.717) is 24.2 Å². The minimum absolute atomic E-state index is 0.0581. The Kier molecular flexibility index (Phi) is 2.91. The SMILES string of the molecule is NC1CC(=O)N(c2ccc(B(O)O)cn2)C1. The maximum Gasteiger partial charge on any atom is 0.490 e. The molecule has 4 N–H and O–H groups in total. The quantitative estimate of drug-likeness (QED) is 0.493. The lowest BCUT2D eigenvalue weighted by Gasteiger charge is -2.14. The summed E-state index contributed by atoms with van der Waals surface area (Å²) in [4.78, 5) is 17.0. The number of carbonyl (C=O) groups excluding carboxylic acids is 1. The number of carbonyl (C=O) groups is 1. The van der Waals surface area contributed by atoms with Crippen LogP contribution in [-0.4, -0.2) is 40.6 Å². The minimum Gasteiger partial charge on any atom is -0.423 e. The third-order valence-electron chi connectivity index (χ3n) is 2.50. The molecule has 1 amide bonds. The van der Waals surface area contributed by atoms with Crippen molar-refractivity contribution in [2.75, 3.05) is 11.4 Å². The predicted octanol–water partition coefficient (Wildman–Crippen LogP) is -2.17. The van der Waals surface area contributed by atoms with E-state index in [0.717, 1.165) is 0 Å². The van der Waals surface area contributed by atoms with E-state index in [1.165, 1.54) is 17.2 Å². The molecule has 84 valence electrons. The topological polar surface area (TPSA) is 99.7 Å². The van der Waals surface area contributed by atoms with Gasteiger partial charge in [-0.2, -0.15) is 0 Å². The fourth-order valence-electron chi connectivity index (χ4n) is 1.67. The van der Waals surface area contributed by atoms with Crippen molar-refractivity contribution in [2.45, 2.75) is 12.5 Å². The second kappa shape index (κ2) is 4.21. The van der Waals surface area contributed by atoms with E-state index < -0.39 is 7.12 Å². The Hall–Kier alpha value is -1.44. The van der Waals surface area contributed by atoms with E-state index in [2.05, 4.69) is 4.98 Å². The third-order valence-corrected chi connectivity index (χ3v) is 2.50. The molecule has 1 aromatic heterocycles. The van der Waals surface area contributed by atoms with Crippen LogP contribution in [0.3, 0.4) is 0 Å². The van der Waals surface area contributed by atoms with Gasteiger partial charge >= 0.3 is 7.12 Å². The number of rotatable bonds is 2. The fraction of sp³-hybridized carbons (Fsp3) is 0.333. The van der Waals surface area contributed by atoms with E-state index >= 15 is 0 Å². The standard InChI is InChI=1S/C9H12BN3O3/c11-7-3-9(14)13(5-7)8-2-1-6(4-12-8)10(15)16/h1-2,4,7,15-16H,3,5,11H2. The van der Waals surface area contributed by atoms with Crippen molar-refractivity contribution in [3.05, 3.63) is 18.3 Å². The van der Waals surface area contributed by atoms with Gasteiger partial charge in [0.1, 0.15) is 5.82 Å². The molecule has 1 fully saturated rings. The Balaban J connectivity index is 2.19. The number of nitrogens with zero attached hydrogens (tertiary/aromatic N) is 2. The number of hydrogen-bond donors (Lipinski definition) is 3. The number of nitrogens with two attached hydrogens (primary N) is 1. The molecular weight excluding hydrogens is 209 g/mol. The summed E-state index contributed by atoms with van der Waals surface area (Å²) in [6, 6.07) is 2.94. The summed E-state index contributed by atoms with van der Waals surface area (Å²) in [5, 5.41) is 17.8. The molecule has 16 heavy (non-hydrogen) atoms. The second-order valence-corrected chi connectivity index (χ2v) is 3.79. The molecule has 0 spiro atoms. The van der Waals surface area contributed by atoms with Gasteiger partial charge in [-0.05, 0) is 6.07 Å². The molecule has 0 aromatic carbocycles. The summed E-state index contributed by atoms with van der Waals surface area (Å²) in [5.41, 5.74) is 5.95. The Morgan fingerprint density at radius 2 is 2.25 bits per heavy atom. The zero-order chi connectivity index (χ0) is 11.7. The molecule has 0 radical (unpaired) electrons. The summed E-state index contributed by atoms with van der Waals surface area (Å²) < 4.78 is 0. The monoisotopic (exact) mass is 221 g/mol. The van der Waals surface area contributed by atoms with E-state index in [1.807, 2.05) is 0 Å². The van der Waals surface area contributed by atoms with Crippen molar-refractivity contribution in [2.24, 2.45) is 5.73 Å². The highest BCUT2D eigenvalue weighted by atomic mass is 16.4. The summed E-state index contributed by atoms with van der Waals surface area (Å²) in [7, 11) is -1.54. The molecule has 0 saturated carbocycles. The molecule has 0 aliphatic carbocycles. The molecular formula is C9H12BN3O3. The zero-order valence-electron chi connectivity index (χ0n) is 8.58. The van der Waals surface area contributed by atoms with Crippen molar-refractivity contribution in [1.29, 1.82) is 0 Å². The van der Waals surface area contributed by atoms with E-state index in [1.54, 1.807) is 6.07 Å². The lowest BCUT2D eigenvalue weighted by atomic mass is 9.82. The van der Waals surface area contributed by atoms with Crippen LogP contribution < -0.4 is 16.1 Å². The van der Waals surface area contributed by atoms with Gasteiger partial charge in [-0.25, -0.2) is 4.98 Å². The lowest BCUT2D eigenvalue weighted by Crippen LogP contribution is -2.32. The molecule has 1 saturated heterocycles. The normalized spacial score (nSPS) is 20.3. The number of pyridine rings is 1. The molecule has 7 heteroatoms.